The van der Waals surface area contributed by atoms with E-state index in [2.05, 4.69) is 62.9 Å². The van der Waals surface area contributed by atoms with Crippen LogP contribution in [0.15, 0.2) is 48.6 Å². The van der Waals surface area contributed by atoms with E-state index in [1.165, 1.54) is 22.0 Å². The van der Waals surface area contributed by atoms with Crippen LogP contribution in [0.3, 0.4) is 0 Å². The van der Waals surface area contributed by atoms with Gasteiger partial charge in [-0.3, -0.25) is 9.69 Å². The van der Waals surface area contributed by atoms with Gasteiger partial charge < -0.3 is 33.8 Å². The van der Waals surface area contributed by atoms with Gasteiger partial charge in [0.1, 0.15) is 18.5 Å². The van der Waals surface area contributed by atoms with Crippen LogP contribution in [0.25, 0.3) is 15.6 Å². The molecule has 1 amide bonds. The molecule has 3 fully saturated rings. The Hall–Kier alpha value is -4.24. The largest absolute Gasteiger partial charge is 0.461 e. The second-order valence-corrected chi connectivity index (χ2v) is 13.1. The van der Waals surface area contributed by atoms with Crippen LogP contribution in [-0.4, -0.2) is 117 Å². The minimum absolute atomic E-state index is 0.0398. The molecule has 4 aliphatic rings. The predicted octanol–water partition coefficient (Wildman–Crippen LogP) is 3.88. The average Bonchev–Trinajstić information content (AvgIpc) is 3.95. The fourth-order valence-electron chi connectivity index (χ4n) is 7.05. The molecule has 2 aromatic carbocycles. The van der Waals surface area contributed by atoms with Gasteiger partial charge >= 0.3 is 6.01 Å². The first-order valence-corrected chi connectivity index (χ1v) is 17.3. The molecular formula is C37H45N7O4. The number of piperazine rings is 1. The Morgan fingerprint density at radius 3 is 2.69 bits per heavy atom. The van der Waals surface area contributed by atoms with Crippen molar-refractivity contribution in [2.24, 2.45) is 0 Å². The number of ether oxygens (including phenoxy) is 3. The molecule has 4 heterocycles. The van der Waals surface area contributed by atoms with Gasteiger partial charge in [0.15, 0.2) is 0 Å². The van der Waals surface area contributed by atoms with Crippen molar-refractivity contribution in [2.75, 3.05) is 88.6 Å². The molecule has 3 aliphatic heterocycles. The van der Waals surface area contributed by atoms with Crippen molar-refractivity contribution in [3.8, 4) is 6.01 Å². The van der Waals surface area contributed by atoms with Gasteiger partial charge in [-0.15, -0.1) is 0 Å². The Kier molecular flexibility index (Phi) is 10.0. The van der Waals surface area contributed by atoms with Gasteiger partial charge in [-0.2, -0.15) is 9.97 Å². The van der Waals surface area contributed by atoms with E-state index in [-0.39, 0.29) is 18.5 Å². The molecule has 0 radical (unpaired) electrons. The lowest BCUT2D eigenvalue weighted by molar-refractivity contribution is -0.128. The van der Waals surface area contributed by atoms with Gasteiger partial charge in [0, 0.05) is 68.5 Å². The number of morpholine rings is 1. The average molecular weight is 652 g/mol. The summed E-state index contributed by atoms with van der Waals surface area (Å²) in [6.45, 7) is 18.1. The summed E-state index contributed by atoms with van der Waals surface area (Å²) in [5.41, 5.74) is 4.55. The minimum Gasteiger partial charge on any atom is -0.461 e. The number of carbonyl (C=O) groups excluding carboxylic acids is 1. The topological polar surface area (TPSA) is 87.9 Å². The number of anilines is 2. The van der Waals surface area contributed by atoms with E-state index in [1.807, 2.05) is 11.0 Å². The van der Waals surface area contributed by atoms with Gasteiger partial charge in [0.05, 0.1) is 38.2 Å². The summed E-state index contributed by atoms with van der Waals surface area (Å²) in [6.07, 6.45) is 7.00. The van der Waals surface area contributed by atoms with Crippen molar-refractivity contribution >= 4 is 28.2 Å². The van der Waals surface area contributed by atoms with Crippen molar-refractivity contribution in [1.29, 1.82) is 0 Å². The van der Waals surface area contributed by atoms with E-state index in [9.17, 15) is 4.79 Å². The molecule has 252 valence electrons. The highest BCUT2D eigenvalue weighted by atomic mass is 16.5. The smallest absolute Gasteiger partial charge is 0.318 e. The van der Waals surface area contributed by atoms with Crippen LogP contribution in [-0.2, 0) is 27.2 Å². The molecule has 1 atom stereocenters. The fraction of sp³-hybridized carbons (Fsp3) is 0.514. The maximum Gasteiger partial charge on any atom is 0.318 e. The van der Waals surface area contributed by atoms with Gasteiger partial charge in [0.25, 0.3) is 0 Å². The Morgan fingerprint density at radius 2 is 1.88 bits per heavy atom. The minimum atomic E-state index is -0.238. The van der Waals surface area contributed by atoms with Crippen LogP contribution in [0.1, 0.15) is 29.7 Å². The Labute approximate surface area is 282 Å². The van der Waals surface area contributed by atoms with Crippen molar-refractivity contribution in [3.05, 3.63) is 76.8 Å². The molecule has 0 N–H and O–H groups in total. The molecule has 1 aliphatic carbocycles. The van der Waals surface area contributed by atoms with Crippen molar-refractivity contribution in [1.82, 2.24) is 19.8 Å². The molecule has 11 heteroatoms. The monoisotopic (exact) mass is 651 g/mol. The summed E-state index contributed by atoms with van der Waals surface area (Å²) in [7, 11) is 0. The maximum absolute atomic E-state index is 13.4. The molecule has 7 rings (SSSR count). The normalized spacial score (nSPS) is 20.2. The van der Waals surface area contributed by atoms with Crippen LogP contribution in [0.2, 0.25) is 0 Å². The van der Waals surface area contributed by atoms with Crippen molar-refractivity contribution in [2.45, 2.75) is 44.9 Å². The standard InChI is InChI=1S/C37H45N7O4/c1-27-6-3-7-28-8-4-9-33(35(27)28)42-15-13-31-32(26-42)39-37(48-23-22-47-30-11-12-30)40-36(31)43-16-17-44(29(25-43)24-38-2)34(45)10-5-14-41-18-20-46-21-19-41/h3-10,29-30H,11-26H2,1H3/b10-5+/t29-/m0/s1. The summed E-state index contributed by atoms with van der Waals surface area (Å²) in [5.74, 6) is 0.818. The second-order valence-electron chi connectivity index (χ2n) is 13.1. The second kappa shape index (κ2) is 14.9. The van der Waals surface area contributed by atoms with Gasteiger partial charge in [-0.25, -0.2) is 6.57 Å². The van der Waals surface area contributed by atoms with Gasteiger partial charge in [0.2, 0.25) is 12.5 Å². The van der Waals surface area contributed by atoms with Crippen LogP contribution in [0, 0.1) is 13.5 Å². The summed E-state index contributed by atoms with van der Waals surface area (Å²) in [6, 6.07) is 13.1. The molecule has 1 aromatic heterocycles. The van der Waals surface area contributed by atoms with Crippen LogP contribution < -0.4 is 14.5 Å². The molecule has 1 saturated carbocycles. The highest BCUT2D eigenvalue weighted by Crippen LogP contribution is 2.36. The number of benzene rings is 2. The summed E-state index contributed by atoms with van der Waals surface area (Å²) < 4.78 is 17.4. The van der Waals surface area contributed by atoms with E-state index in [0.29, 0.717) is 51.5 Å². The number of nitrogens with zero attached hydrogens (tertiary/aromatic N) is 7. The molecular weight excluding hydrogens is 606 g/mol. The number of rotatable bonds is 11. The first-order valence-electron chi connectivity index (χ1n) is 17.3. The van der Waals surface area contributed by atoms with Crippen LogP contribution in [0.5, 0.6) is 6.01 Å². The lowest BCUT2D eigenvalue weighted by atomic mass is 9.99. The number of hydrogen-bond acceptors (Lipinski definition) is 9. The third-order valence-corrected chi connectivity index (χ3v) is 9.74. The molecule has 2 saturated heterocycles. The van der Waals surface area contributed by atoms with Crippen molar-refractivity contribution < 1.29 is 19.0 Å². The van der Waals surface area contributed by atoms with Gasteiger partial charge in [-0.1, -0.05) is 36.4 Å². The Bertz CT molecular complexity index is 1670. The molecule has 0 spiro atoms. The Balaban J connectivity index is 1.11. The predicted molar refractivity (Wildman–Crippen MR) is 186 cm³/mol. The number of amides is 1. The fourth-order valence-corrected chi connectivity index (χ4v) is 7.05. The molecule has 0 unspecified atom stereocenters. The lowest BCUT2D eigenvalue weighted by Gasteiger charge is -2.41. The molecule has 3 aromatic rings. The zero-order valence-corrected chi connectivity index (χ0v) is 27.9. The van der Waals surface area contributed by atoms with E-state index >= 15 is 0 Å². The first-order chi connectivity index (χ1) is 23.6. The quantitative estimate of drug-likeness (QED) is 0.174. The summed E-state index contributed by atoms with van der Waals surface area (Å²) in [4.78, 5) is 35.8. The van der Waals surface area contributed by atoms with Crippen LogP contribution >= 0.6 is 0 Å². The highest BCUT2D eigenvalue weighted by Gasteiger charge is 2.35. The maximum atomic E-state index is 13.4. The van der Waals surface area contributed by atoms with E-state index in [1.54, 1.807) is 6.08 Å². The van der Waals surface area contributed by atoms with E-state index in [0.717, 1.165) is 75.7 Å². The molecule has 48 heavy (non-hydrogen) atoms. The number of hydrogen-bond donors (Lipinski definition) is 0. The SMILES string of the molecule is [C-]#[N+]C[C@H]1CN(c2nc(OCCOC3CC3)nc3c2CCN(c2cccc4cccc(C)c24)C3)CCN1C(=O)/C=C/CN1CCOCC1. The zero-order valence-electron chi connectivity index (χ0n) is 27.9. The zero-order chi connectivity index (χ0) is 32.9. The van der Waals surface area contributed by atoms with Crippen LogP contribution in [0.4, 0.5) is 11.5 Å². The van der Waals surface area contributed by atoms with E-state index < -0.39 is 0 Å². The Morgan fingerprint density at radius 1 is 1.04 bits per heavy atom. The number of aromatic nitrogens is 2. The van der Waals surface area contributed by atoms with E-state index in [4.69, 9.17) is 30.8 Å². The summed E-state index contributed by atoms with van der Waals surface area (Å²) >= 11 is 0. The number of fused-ring (bicyclic) bond motifs is 2. The molecule has 11 nitrogen and oxygen atoms in total. The highest BCUT2D eigenvalue weighted by molar-refractivity contribution is 5.97. The first kappa shape index (κ1) is 32.3. The van der Waals surface area contributed by atoms with Crippen molar-refractivity contribution in [3.63, 3.8) is 0 Å². The third-order valence-electron chi connectivity index (χ3n) is 9.74. The number of aryl methyl sites for hydroxylation is 1. The lowest BCUT2D eigenvalue weighted by Crippen LogP contribution is -2.56. The summed E-state index contributed by atoms with van der Waals surface area (Å²) in [5, 5.41) is 2.50. The third kappa shape index (κ3) is 7.41. The number of carbonyl (C=O) groups is 1. The molecule has 0 bridgehead atoms. The van der Waals surface area contributed by atoms with Gasteiger partial charge in [-0.05, 0) is 43.2 Å².